The first kappa shape index (κ1) is 16.3. The van der Waals surface area contributed by atoms with Gasteiger partial charge in [0.25, 0.3) is 0 Å². The molecule has 4 nitrogen and oxygen atoms in total. The molecule has 1 N–H and O–H groups in total. The van der Waals surface area contributed by atoms with Crippen LogP contribution in [-0.4, -0.2) is 36.4 Å². The van der Waals surface area contributed by atoms with Gasteiger partial charge in [0, 0.05) is 31.8 Å². The van der Waals surface area contributed by atoms with Crippen molar-refractivity contribution in [2.75, 3.05) is 20.3 Å². The molecule has 0 amide bonds. The van der Waals surface area contributed by atoms with E-state index in [1.54, 1.807) is 30.6 Å². The molecule has 0 saturated carbocycles. The predicted octanol–water partition coefficient (Wildman–Crippen LogP) is 3.64. The van der Waals surface area contributed by atoms with Gasteiger partial charge in [-0.3, -0.25) is 4.90 Å². The minimum Gasteiger partial charge on any atom is -0.507 e. The highest BCUT2D eigenvalue weighted by molar-refractivity contribution is 7.07. The number of aromatic hydroxyl groups is 1. The lowest BCUT2D eigenvalue weighted by Crippen LogP contribution is -2.31. The van der Waals surface area contributed by atoms with Crippen molar-refractivity contribution in [1.82, 2.24) is 4.90 Å². The highest BCUT2D eigenvalue weighted by Crippen LogP contribution is 2.29. The number of rotatable bonds is 7. The number of hydrogen-bond donors (Lipinski definition) is 1. The van der Waals surface area contributed by atoms with Crippen LogP contribution in [0.5, 0.6) is 11.5 Å². The van der Waals surface area contributed by atoms with Gasteiger partial charge in [-0.15, -0.1) is 0 Å². The van der Waals surface area contributed by atoms with Crippen molar-refractivity contribution in [3.8, 4) is 11.5 Å². The molecule has 1 fully saturated rings. The third kappa shape index (κ3) is 4.25. The maximum Gasteiger partial charge on any atom is 0.127 e. The molecule has 0 bridgehead atoms. The summed E-state index contributed by atoms with van der Waals surface area (Å²) in [7, 11) is 1.64. The lowest BCUT2D eigenvalue weighted by atomic mass is 10.1. The van der Waals surface area contributed by atoms with Crippen LogP contribution < -0.4 is 4.74 Å². The number of phenols is 1. The van der Waals surface area contributed by atoms with Gasteiger partial charge in [0.15, 0.2) is 0 Å². The topological polar surface area (TPSA) is 41.9 Å². The summed E-state index contributed by atoms with van der Waals surface area (Å²) in [5, 5.41) is 14.5. The molecule has 0 spiro atoms. The lowest BCUT2D eigenvalue weighted by molar-refractivity contribution is 0.0674. The normalized spacial score (nSPS) is 17.7. The monoisotopic (exact) mass is 333 g/mol. The summed E-state index contributed by atoms with van der Waals surface area (Å²) in [5.41, 5.74) is 2.13. The first-order valence-electron chi connectivity index (χ1n) is 7.96. The van der Waals surface area contributed by atoms with Gasteiger partial charge in [0.2, 0.25) is 0 Å². The van der Waals surface area contributed by atoms with E-state index in [0.29, 0.717) is 6.54 Å². The van der Waals surface area contributed by atoms with E-state index >= 15 is 0 Å². The van der Waals surface area contributed by atoms with Crippen LogP contribution in [0.1, 0.15) is 24.0 Å². The van der Waals surface area contributed by atoms with E-state index < -0.39 is 0 Å². The maximum atomic E-state index is 10.2. The fraction of sp³-hybridized carbons (Fsp3) is 0.444. The molecular formula is C18H23NO3S. The van der Waals surface area contributed by atoms with Crippen molar-refractivity contribution in [1.29, 1.82) is 0 Å². The Labute approximate surface area is 141 Å². The molecule has 1 atom stereocenters. The maximum absolute atomic E-state index is 10.2. The summed E-state index contributed by atoms with van der Waals surface area (Å²) >= 11 is 1.71. The van der Waals surface area contributed by atoms with Crippen molar-refractivity contribution in [3.63, 3.8) is 0 Å². The Balaban J connectivity index is 1.77. The van der Waals surface area contributed by atoms with Crippen LogP contribution in [0.4, 0.5) is 0 Å². The van der Waals surface area contributed by atoms with Crippen LogP contribution >= 0.6 is 11.3 Å². The van der Waals surface area contributed by atoms with Crippen LogP contribution in [0.2, 0.25) is 0 Å². The highest BCUT2D eigenvalue weighted by atomic mass is 32.1. The van der Waals surface area contributed by atoms with E-state index in [1.165, 1.54) is 5.56 Å². The molecule has 1 aliphatic heterocycles. The summed E-state index contributed by atoms with van der Waals surface area (Å²) in [6.45, 7) is 3.22. The predicted molar refractivity (Wildman–Crippen MR) is 92.1 cm³/mol. The van der Waals surface area contributed by atoms with E-state index in [1.807, 2.05) is 6.07 Å². The molecule has 3 rings (SSSR count). The Bertz CT molecular complexity index is 609. The second-order valence-corrected chi connectivity index (χ2v) is 6.67. The molecule has 23 heavy (non-hydrogen) atoms. The third-order valence-corrected chi connectivity index (χ3v) is 4.91. The number of thiophene rings is 1. The lowest BCUT2D eigenvalue weighted by Gasteiger charge is -2.26. The van der Waals surface area contributed by atoms with E-state index in [0.717, 1.165) is 43.9 Å². The summed E-state index contributed by atoms with van der Waals surface area (Å²) in [4.78, 5) is 2.33. The summed E-state index contributed by atoms with van der Waals surface area (Å²) < 4.78 is 11.2. The van der Waals surface area contributed by atoms with Crippen molar-refractivity contribution in [2.45, 2.75) is 32.0 Å². The van der Waals surface area contributed by atoms with Gasteiger partial charge in [-0.1, -0.05) is 6.07 Å². The Morgan fingerprint density at radius 2 is 2.26 bits per heavy atom. The number of benzene rings is 1. The first-order chi connectivity index (χ1) is 11.3. The van der Waals surface area contributed by atoms with Crippen LogP contribution in [0.3, 0.4) is 0 Å². The number of hydrogen-bond acceptors (Lipinski definition) is 5. The Kier molecular flexibility index (Phi) is 5.54. The molecule has 5 heteroatoms. The highest BCUT2D eigenvalue weighted by Gasteiger charge is 2.21. The van der Waals surface area contributed by atoms with Crippen LogP contribution in [0.25, 0.3) is 0 Å². The second-order valence-electron chi connectivity index (χ2n) is 5.89. The van der Waals surface area contributed by atoms with Gasteiger partial charge in [0.05, 0.1) is 13.2 Å². The average molecular weight is 333 g/mol. The molecule has 0 unspecified atom stereocenters. The molecule has 1 saturated heterocycles. The van der Waals surface area contributed by atoms with Gasteiger partial charge in [-0.25, -0.2) is 0 Å². The Hall–Kier alpha value is -1.56. The smallest absolute Gasteiger partial charge is 0.127 e. The molecule has 2 heterocycles. The quantitative estimate of drug-likeness (QED) is 0.840. The molecule has 1 aromatic heterocycles. The SMILES string of the molecule is COc1cccc(O)c1CN(Cc1ccsc1)C[C@H]1CCCO1. The number of methoxy groups -OCH3 is 1. The standard InChI is InChI=1S/C18H23NO3S/c1-21-18-6-2-5-17(20)16(18)12-19(10-14-7-9-23-13-14)11-15-4-3-8-22-15/h2,5-7,9,13,15,20H,3-4,8,10-12H2,1H3/t15-/m1/s1. The molecular weight excluding hydrogens is 310 g/mol. The molecule has 2 aromatic rings. The Morgan fingerprint density at radius 1 is 1.35 bits per heavy atom. The van der Waals surface area contributed by atoms with Crippen molar-refractivity contribution in [2.24, 2.45) is 0 Å². The fourth-order valence-corrected chi connectivity index (χ4v) is 3.69. The van der Waals surface area contributed by atoms with E-state index in [9.17, 15) is 5.11 Å². The van der Waals surface area contributed by atoms with Gasteiger partial charge < -0.3 is 14.6 Å². The largest absolute Gasteiger partial charge is 0.507 e. The van der Waals surface area contributed by atoms with Crippen LogP contribution in [0.15, 0.2) is 35.0 Å². The number of phenolic OH excluding ortho intramolecular Hbond substituents is 1. The summed E-state index contributed by atoms with van der Waals surface area (Å²) in [5.74, 6) is 1.01. The van der Waals surface area contributed by atoms with Gasteiger partial charge in [-0.05, 0) is 47.4 Å². The van der Waals surface area contributed by atoms with E-state index in [2.05, 4.69) is 21.7 Å². The molecule has 0 radical (unpaired) electrons. The van der Waals surface area contributed by atoms with Crippen molar-refractivity contribution >= 4 is 11.3 Å². The zero-order chi connectivity index (χ0) is 16.1. The molecule has 1 aromatic carbocycles. The minimum atomic E-state index is 0.283. The van der Waals surface area contributed by atoms with Gasteiger partial charge in [0.1, 0.15) is 11.5 Å². The Morgan fingerprint density at radius 3 is 2.96 bits per heavy atom. The fourth-order valence-electron chi connectivity index (χ4n) is 3.03. The van der Waals surface area contributed by atoms with Gasteiger partial charge >= 0.3 is 0 Å². The second kappa shape index (κ2) is 7.81. The number of nitrogens with zero attached hydrogens (tertiary/aromatic N) is 1. The summed E-state index contributed by atoms with van der Waals surface area (Å²) in [6, 6.07) is 7.56. The first-order valence-corrected chi connectivity index (χ1v) is 8.90. The average Bonchev–Trinajstić information content (AvgIpc) is 3.23. The van der Waals surface area contributed by atoms with Crippen LogP contribution in [0, 0.1) is 0 Å². The summed E-state index contributed by atoms with van der Waals surface area (Å²) in [6.07, 6.45) is 2.53. The van der Waals surface area contributed by atoms with Crippen LogP contribution in [-0.2, 0) is 17.8 Å². The number of ether oxygens (including phenoxy) is 2. The zero-order valence-corrected chi connectivity index (χ0v) is 14.2. The van der Waals surface area contributed by atoms with E-state index in [-0.39, 0.29) is 11.9 Å². The zero-order valence-electron chi connectivity index (χ0n) is 13.4. The minimum absolute atomic E-state index is 0.283. The van der Waals surface area contributed by atoms with Crippen molar-refractivity contribution in [3.05, 3.63) is 46.2 Å². The van der Waals surface area contributed by atoms with Crippen molar-refractivity contribution < 1.29 is 14.6 Å². The van der Waals surface area contributed by atoms with E-state index in [4.69, 9.17) is 9.47 Å². The third-order valence-electron chi connectivity index (χ3n) is 4.18. The molecule has 0 aliphatic carbocycles. The van der Waals surface area contributed by atoms with Gasteiger partial charge in [-0.2, -0.15) is 11.3 Å². The molecule has 124 valence electrons. The molecule has 1 aliphatic rings.